The molecule has 2 N–H and O–H groups in total. The van der Waals surface area contributed by atoms with E-state index in [4.69, 9.17) is 10.2 Å². The Morgan fingerprint density at radius 2 is 2.05 bits per heavy atom. The molecule has 1 heterocycles. The fraction of sp³-hybridized carbons (Fsp3) is 0.333. The summed E-state index contributed by atoms with van der Waals surface area (Å²) in [4.78, 5) is 18.1. The van der Waals surface area contributed by atoms with Crippen LogP contribution in [0.4, 0.5) is 4.39 Å². The molecule has 0 atom stereocenters. The van der Waals surface area contributed by atoms with Crippen LogP contribution in [0.5, 0.6) is 0 Å². The van der Waals surface area contributed by atoms with Crippen molar-refractivity contribution in [1.29, 1.82) is 0 Å². The maximum absolute atomic E-state index is 13.7. The number of aliphatic hydroxyl groups excluding tert-OH is 2. The minimum absolute atomic E-state index is 0.0582. The Morgan fingerprint density at radius 1 is 1.24 bits per heavy atom. The second kappa shape index (κ2) is 7.10. The summed E-state index contributed by atoms with van der Waals surface area (Å²) < 4.78 is 13.7. The number of carbonyl (C=O) groups is 1. The molecule has 0 aliphatic rings. The van der Waals surface area contributed by atoms with Gasteiger partial charge in [-0.1, -0.05) is 6.07 Å². The molecule has 5 nitrogen and oxygen atoms in total. The summed E-state index contributed by atoms with van der Waals surface area (Å²) in [5.41, 5.74) is 0.591. The van der Waals surface area contributed by atoms with E-state index >= 15 is 0 Å². The van der Waals surface area contributed by atoms with Crippen LogP contribution in [0.15, 0.2) is 30.5 Å². The quantitative estimate of drug-likeness (QED) is 0.839. The van der Waals surface area contributed by atoms with Crippen molar-refractivity contribution in [2.75, 3.05) is 26.3 Å². The summed E-state index contributed by atoms with van der Waals surface area (Å²) in [6.45, 7) is 0.166. The van der Waals surface area contributed by atoms with Gasteiger partial charge in [0.25, 0.3) is 5.91 Å². The molecule has 1 aromatic heterocycles. The van der Waals surface area contributed by atoms with Crippen LogP contribution in [0.25, 0.3) is 10.9 Å². The molecule has 0 spiro atoms. The van der Waals surface area contributed by atoms with E-state index in [1.54, 1.807) is 18.3 Å². The van der Waals surface area contributed by atoms with Crippen molar-refractivity contribution < 1.29 is 19.4 Å². The Labute approximate surface area is 121 Å². The molecule has 1 aromatic carbocycles. The number of pyridine rings is 1. The number of hydrogen-bond donors (Lipinski definition) is 2. The lowest BCUT2D eigenvalue weighted by atomic mass is 10.1. The first-order chi connectivity index (χ1) is 10.2. The third-order valence-electron chi connectivity index (χ3n) is 3.14. The smallest absolute Gasteiger partial charge is 0.256 e. The first kappa shape index (κ1) is 15.3. The van der Waals surface area contributed by atoms with Gasteiger partial charge >= 0.3 is 0 Å². The van der Waals surface area contributed by atoms with Crippen molar-refractivity contribution in [1.82, 2.24) is 9.88 Å². The van der Waals surface area contributed by atoms with E-state index in [2.05, 4.69) is 4.98 Å². The van der Waals surface area contributed by atoms with Gasteiger partial charge in [-0.15, -0.1) is 0 Å². The molecule has 0 saturated carbocycles. The van der Waals surface area contributed by atoms with E-state index in [1.165, 1.54) is 11.0 Å². The van der Waals surface area contributed by atoms with Crippen LogP contribution in [0, 0.1) is 5.82 Å². The minimum Gasteiger partial charge on any atom is -0.396 e. The van der Waals surface area contributed by atoms with Gasteiger partial charge in [0.1, 0.15) is 5.82 Å². The number of benzene rings is 1. The van der Waals surface area contributed by atoms with Crippen LogP contribution in [0.2, 0.25) is 0 Å². The van der Waals surface area contributed by atoms with E-state index in [9.17, 15) is 9.18 Å². The summed E-state index contributed by atoms with van der Waals surface area (Å²) in [6.07, 6.45) is 1.94. The Hall–Kier alpha value is -2.05. The van der Waals surface area contributed by atoms with Gasteiger partial charge in [0, 0.05) is 31.3 Å². The van der Waals surface area contributed by atoms with Gasteiger partial charge in [0.2, 0.25) is 0 Å². The zero-order chi connectivity index (χ0) is 15.2. The lowest BCUT2D eigenvalue weighted by Crippen LogP contribution is -2.35. The third kappa shape index (κ3) is 3.53. The summed E-state index contributed by atoms with van der Waals surface area (Å²) >= 11 is 0. The highest BCUT2D eigenvalue weighted by Crippen LogP contribution is 2.20. The molecule has 2 rings (SSSR count). The van der Waals surface area contributed by atoms with Crippen molar-refractivity contribution in [2.24, 2.45) is 0 Å². The first-order valence-electron chi connectivity index (χ1n) is 6.72. The van der Waals surface area contributed by atoms with Crippen molar-refractivity contribution in [3.05, 3.63) is 41.8 Å². The van der Waals surface area contributed by atoms with Gasteiger partial charge in [-0.25, -0.2) is 4.39 Å². The molecule has 0 radical (unpaired) electrons. The average Bonchev–Trinajstić information content (AvgIpc) is 2.50. The molecule has 2 aromatic rings. The number of fused-ring (bicyclic) bond motifs is 1. The molecular formula is C15H17FN2O3. The number of hydrogen-bond acceptors (Lipinski definition) is 4. The molecule has 0 aliphatic carbocycles. The highest BCUT2D eigenvalue weighted by molar-refractivity contribution is 6.05. The first-order valence-corrected chi connectivity index (χ1v) is 6.72. The fourth-order valence-electron chi connectivity index (χ4n) is 2.19. The maximum Gasteiger partial charge on any atom is 0.256 e. The summed E-state index contributed by atoms with van der Waals surface area (Å²) in [7, 11) is 0. The standard InChI is InChI=1S/C15H17FN2O3/c16-12-9-11-3-1-4-17-14(11)13(10-12)15(21)18(6-8-20)5-2-7-19/h1,3-4,9-10,19-20H,2,5-8H2. The Morgan fingerprint density at radius 3 is 2.76 bits per heavy atom. The number of carbonyl (C=O) groups excluding carboxylic acids is 1. The van der Waals surface area contributed by atoms with Gasteiger partial charge in [0.15, 0.2) is 0 Å². The maximum atomic E-state index is 13.7. The normalized spacial score (nSPS) is 10.8. The second-order valence-corrected chi connectivity index (χ2v) is 4.62. The number of nitrogens with zero attached hydrogens (tertiary/aromatic N) is 2. The van der Waals surface area contributed by atoms with Crippen LogP contribution >= 0.6 is 0 Å². The predicted octanol–water partition coefficient (Wildman–Crippen LogP) is 1.19. The topological polar surface area (TPSA) is 73.7 Å². The van der Waals surface area contributed by atoms with Gasteiger partial charge in [-0.2, -0.15) is 0 Å². The van der Waals surface area contributed by atoms with Crippen molar-refractivity contribution in [3.63, 3.8) is 0 Å². The van der Waals surface area contributed by atoms with E-state index in [1.807, 2.05) is 0 Å². The highest BCUT2D eigenvalue weighted by Gasteiger charge is 2.19. The molecular weight excluding hydrogens is 275 g/mol. The molecule has 112 valence electrons. The summed E-state index contributed by atoms with van der Waals surface area (Å²) in [5, 5.41) is 18.5. The summed E-state index contributed by atoms with van der Waals surface area (Å²) in [5.74, 6) is -0.911. The lowest BCUT2D eigenvalue weighted by molar-refractivity contribution is 0.0711. The number of aliphatic hydroxyl groups is 2. The van der Waals surface area contributed by atoms with Crippen LogP contribution in [0.3, 0.4) is 0 Å². The largest absolute Gasteiger partial charge is 0.396 e. The highest BCUT2D eigenvalue weighted by atomic mass is 19.1. The Bertz CT molecular complexity index is 633. The third-order valence-corrected chi connectivity index (χ3v) is 3.14. The van der Waals surface area contributed by atoms with E-state index in [0.29, 0.717) is 23.9 Å². The van der Waals surface area contributed by atoms with Gasteiger partial charge in [-0.3, -0.25) is 9.78 Å². The number of rotatable bonds is 6. The minimum atomic E-state index is -0.509. The lowest BCUT2D eigenvalue weighted by Gasteiger charge is -2.22. The van der Waals surface area contributed by atoms with E-state index in [-0.39, 0.29) is 25.3 Å². The van der Waals surface area contributed by atoms with E-state index in [0.717, 1.165) is 6.07 Å². The van der Waals surface area contributed by atoms with Gasteiger partial charge in [-0.05, 0) is 24.6 Å². The molecule has 0 saturated heterocycles. The van der Waals surface area contributed by atoms with Crippen LogP contribution in [-0.4, -0.2) is 52.3 Å². The van der Waals surface area contributed by atoms with Gasteiger partial charge < -0.3 is 15.1 Å². The van der Waals surface area contributed by atoms with Crippen molar-refractivity contribution in [3.8, 4) is 0 Å². The molecule has 0 bridgehead atoms. The molecule has 0 unspecified atom stereocenters. The molecule has 0 aliphatic heterocycles. The van der Waals surface area contributed by atoms with E-state index < -0.39 is 11.7 Å². The number of aromatic nitrogens is 1. The Kier molecular flexibility index (Phi) is 5.19. The van der Waals surface area contributed by atoms with Crippen molar-refractivity contribution >= 4 is 16.8 Å². The molecule has 21 heavy (non-hydrogen) atoms. The van der Waals surface area contributed by atoms with Gasteiger partial charge in [0.05, 0.1) is 17.7 Å². The predicted molar refractivity (Wildman–Crippen MR) is 76.4 cm³/mol. The molecule has 6 heteroatoms. The van der Waals surface area contributed by atoms with Crippen LogP contribution in [-0.2, 0) is 0 Å². The van der Waals surface area contributed by atoms with Crippen LogP contribution in [0.1, 0.15) is 16.8 Å². The monoisotopic (exact) mass is 292 g/mol. The molecule has 1 amide bonds. The Balaban J connectivity index is 2.41. The SMILES string of the molecule is O=C(c1cc(F)cc2cccnc12)N(CCO)CCCO. The fourth-order valence-corrected chi connectivity index (χ4v) is 2.19. The summed E-state index contributed by atoms with van der Waals surface area (Å²) in [6, 6.07) is 5.84. The van der Waals surface area contributed by atoms with Crippen LogP contribution < -0.4 is 0 Å². The zero-order valence-electron chi connectivity index (χ0n) is 11.5. The average molecular weight is 292 g/mol. The number of amides is 1. The number of halogens is 1. The zero-order valence-corrected chi connectivity index (χ0v) is 11.5. The molecule has 0 fully saturated rings. The second-order valence-electron chi connectivity index (χ2n) is 4.62. The van der Waals surface area contributed by atoms with Crippen molar-refractivity contribution in [2.45, 2.75) is 6.42 Å².